The van der Waals surface area contributed by atoms with Crippen LogP contribution in [0.4, 0.5) is 0 Å². The Hall–Kier alpha value is -2.50. The highest BCUT2D eigenvalue weighted by Gasteiger charge is 2.26. The number of nitrogens with zero attached hydrogens (tertiary/aromatic N) is 4. The molecule has 1 saturated heterocycles. The summed E-state index contributed by atoms with van der Waals surface area (Å²) in [6.07, 6.45) is 6.46. The van der Waals surface area contributed by atoms with Gasteiger partial charge in [0, 0.05) is 31.4 Å². The number of fused-ring (bicyclic) bond motifs is 1. The lowest BCUT2D eigenvalue weighted by Gasteiger charge is -2.25. The summed E-state index contributed by atoms with van der Waals surface area (Å²) < 4.78 is 3.12. The lowest BCUT2D eigenvalue weighted by Crippen LogP contribution is -2.22. The van der Waals surface area contributed by atoms with E-state index in [1.165, 1.54) is 39.8 Å². The molecule has 2 aromatic heterocycles. The van der Waals surface area contributed by atoms with Crippen molar-refractivity contribution < 1.29 is 0 Å². The van der Waals surface area contributed by atoms with Crippen molar-refractivity contribution in [3.05, 3.63) is 71.5 Å². The van der Waals surface area contributed by atoms with Gasteiger partial charge in [-0.15, -0.1) is 11.3 Å². The highest BCUT2D eigenvalue weighted by Crippen LogP contribution is 2.35. The van der Waals surface area contributed by atoms with Gasteiger partial charge in [-0.05, 0) is 48.2 Å². The van der Waals surface area contributed by atoms with E-state index in [0.717, 1.165) is 18.6 Å². The Balaban J connectivity index is 1.34. The van der Waals surface area contributed by atoms with Gasteiger partial charge in [-0.2, -0.15) is 5.10 Å². The van der Waals surface area contributed by atoms with Crippen molar-refractivity contribution >= 4 is 21.6 Å². The first-order valence-corrected chi connectivity index (χ1v) is 10.3. The van der Waals surface area contributed by atoms with Crippen LogP contribution in [0.25, 0.3) is 21.3 Å². The minimum atomic E-state index is 0.495. The molecule has 136 valence electrons. The third-order valence-corrected chi connectivity index (χ3v) is 6.29. The van der Waals surface area contributed by atoms with Crippen LogP contribution in [-0.2, 0) is 13.6 Å². The minimum absolute atomic E-state index is 0.495. The van der Waals surface area contributed by atoms with Gasteiger partial charge in [0.05, 0.1) is 21.9 Å². The summed E-state index contributed by atoms with van der Waals surface area (Å²) in [5, 5.41) is 4.26. The summed E-state index contributed by atoms with van der Waals surface area (Å²) in [5.41, 5.74) is 8.22. The van der Waals surface area contributed by atoms with Crippen LogP contribution in [-0.4, -0.2) is 26.2 Å². The van der Waals surface area contributed by atoms with Gasteiger partial charge in [0.15, 0.2) is 0 Å². The van der Waals surface area contributed by atoms with Crippen LogP contribution >= 0.6 is 11.3 Å². The maximum Gasteiger partial charge on any atom is 0.0815 e. The molecular formula is C22H22N4S. The smallest absolute Gasteiger partial charge is 0.0815 e. The second-order valence-corrected chi connectivity index (χ2v) is 8.19. The molecule has 2 aromatic carbocycles. The van der Waals surface area contributed by atoms with E-state index in [0.29, 0.717) is 6.04 Å². The summed E-state index contributed by atoms with van der Waals surface area (Å²) in [7, 11) is 1.95. The topological polar surface area (TPSA) is 34.0 Å². The minimum Gasteiger partial charge on any atom is -0.292 e. The van der Waals surface area contributed by atoms with Crippen molar-refractivity contribution in [3.63, 3.8) is 0 Å². The Labute approximate surface area is 163 Å². The van der Waals surface area contributed by atoms with Crippen LogP contribution in [0.5, 0.6) is 0 Å². The molecule has 1 aliphatic heterocycles. The second-order valence-electron chi connectivity index (χ2n) is 7.31. The molecule has 1 unspecified atom stereocenters. The van der Waals surface area contributed by atoms with Crippen molar-refractivity contribution in [2.75, 3.05) is 6.54 Å². The summed E-state index contributed by atoms with van der Waals surface area (Å²) in [4.78, 5) is 7.10. The van der Waals surface area contributed by atoms with Gasteiger partial charge in [0.25, 0.3) is 0 Å². The Morgan fingerprint density at radius 3 is 2.81 bits per heavy atom. The SMILES string of the molecule is Cn1cc(-c2ccc(CN3CCCC3c3ccc4scnc4c3)cc2)cn1. The Kier molecular flexibility index (Phi) is 4.26. The zero-order valence-electron chi connectivity index (χ0n) is 15.4. The fraction of sp³-hybridized carbons (Fsp3) is 0.273. The molecule has 0 radical (unpaired) electrons. The summed E-state index contributed by atoms with van der Waals surface area (Å²) in [6.45, 7) is 2.15. The van der Waals surface area contributed by atoms with Crippen LogP contribution in [0.2, 0.25) is 0 Å². The van der Waals surface area contributed by atoms with E-state index in [-0.39, 0.29) is 0 Å². The number of hydrogen-bond acceptors (Lipinski definition) is 4. The highest BCUT2D eigenvalue weighted by atomic mass is 32.1. The average Bonchev–Trinajstić information content (AvgIpc) is 3.42. The molecule has 27 heavy (non-hydrogen) atoms. The predicted octanol–water partition coefficient (Wildman–Crippen LogP) is 5.03. The van der Waals surface area contributed by atoms with Crippen molar-refractivity contribution in [2.24, 2.45) is 7.05 Å². The van der Waals surface area contributed by atoms with Gasteiger partial charge in [-0.1, -0.05) is 30.3 Å². The summed E-state index contributed by atoms with van der Waals surface area (Å²) in [6, 6.07) is 16.2. The standard InChI is InChI=1S/C22H22N4S/c1-25-14-19(12-24-25)17-6-4-16(5-7-17)13-26-10-2-3-21(26)18-8-9-22-20(11-18)23-15-27-22/h4-9,11-12,14-15,21H,2-3,10,13H2,1H3. The molecule has 0 aliphatic carbocycles. The first kappa shape index (κ1) is 16.7. The van der Waals surface area contributed by atoms with E-state index in [9.17, 15) is 0 Å². The number of aromatic nitrogens is 3. The number of hydrogen-bond donors (Lipinski definition) is 0. The first-order chi connectivity index (χ1) is 13.3. The largest absolute Gasteiger partial charge is 0.292 e. The lowest BCUT2D eigenvalue weighted by molar-refractivity contribution is 0.248. The van der Waals surface area contributed by atoms with Gasteiger partial charge in [-0.3, -0.25) is 9.58 Å². The van der Waals surface area contributed by atoms with Crippen LogP contribution in [0.3, 0.4) is 0 Å². The van der Waals surface area contributed by atoms with Crippen molar-refractivity contribution in [1.29, 1.82) is 0 Å². The van der Waals surface area contributed by atoms with E-state index in [4.69, 9.17) is 0 Å². The number of benzene rings is 2. The van der Waals surface area contributed by atoms with Crippen LogP contribution < -0.4 is 0 Å². The zero-order chi connectivity index (χ0) is 18.2. The summed E-state index contributed by atoms with van der Waals surface area (Å²) in [5.74, 6) is 0. The molecule has 0 spiro atoms. The molecule has 4 aromatic rings. The lowest BCUT2D eigenvalue weighted by atomic mass is 10.0. The molecule has 0 N–H and O–H groups in total. The van der Waals surface area contributed by atoms with Crippen LogP contribution in [0.15, 0.2) is 60.4 Å². The third kappa shape index (κ3) is 3.29. The molecule has 4 nitrogen and oxygen atoms in total. The molecule has 0 saturated carbocycles. The summed E-state index contributed by atoms with van der Waals surface area (Å²) >= 11 is 1.71. The monoisotopic (exact) mass is 374 g/mol. The van der Waals surface area contributed by atoms with E-state index in [2.05, 4.69) is 63.6 Å². The second kappa shape index (κ2) is 6.91. The predicted molar refractivity (Wildman–Crippen MR) is 111 cm³/mol. The van der Waals surface area contributed by atoms with Gasteiger partial charge in [0.2, 0.25) is 0 Å². The van der Waals surface area contributed by atoms with Gasteiger partial charge in [0.1, 0.15) is 0 Å². The first-order valence-electron chi connectivity index (χ1n) is 9.41. The van der Waals surface area contributed by atoms with Crippen molar-refractivity contribution in [3.8, 4) is 11.1 Å². The fourth-order valence-corrected chi connectivity index (χ4v) is 4.74. The number of aryl methyl sites for hydroxylation is 1. The molecule has 3 heterocycles. The van der Waals surface area contributed by atoms with E-state index in [1.807, 2.05) is 23.4 Å². The zero-order valence-corrected chi connectivity index (χ0v) is 16.2. The molecule has 0 bridgehead atoms. The van der Waals surface area contributed by atoms with Gasteiger partial charge >= 0.3 is 0 Å². The molecule has 5 rings (SSSR count). The quantitative estimate of drug-likeness (QED) is 0.502. The molecular weight excluding hydrogens is 352 g/mol. The highest BCUT2D eigenvalue weighted by molar-refractivity contribution is 7.16. The Bertz CT molecular complexity index is 1060. The fourth-order valence-electron chi connectivity index (χ4n) is 4.08. The van der Waals surface area contributed by atoms with Crippen molar-refractivity contribution in [1.82, 2.24) is 19.7 Å². The molecule has 1 atom stereocenters. The van der Waals surface area contributed by atoms with Crippen molar-refractivity contribution in [2.45, 2.75) is 25.4 Å². The third-order valence-electron chi connectivity index (χ3n) is 5.48. The van der Waals surface area contributed by atoms with E-state index >= 15 is 0 Å². The van der Waals surface area contributed by atoms with Gasteiger partial charge < -0.3 is 0 Å². The number of thiazole rings is 1. The Morgan fingerprint density at radius 1 is 1.11 bits per heavy atom. The molecule has 0 amide bonds. The van der Waals surface area contributed by atoms with E-state index < -0.39 is 0 Å². The van der Waals surface area contributed by atoms with Gasteiger partial charge in [-0.25, -0.2) is 4.98 Å². The normalized spacial score (nSPS) is 17.7. The number of rotatable bonds is 4. The molecule has 1 fully saturated rings. The Morgan fingerprint density at radius 2 is 2.00 bits per heavy atom. The molecule has 5 heteroatoms. The average molecular weight is 375 g/mol. The van der Waals surface area contributed by atoms with E-state index in [1.54, 1.807) is 11.3 Å². The van der Waals surface area contributed by atoms with Crippen LogP contribution in [0.1, 0.15) is 30.0 Å². The van der Waals surface area contributed by atoms with Crippen LogP contribution in [0, 0.1) is 0 Å². The molecule has 1 aliphatic rings. The maximum absolute atomic E-state index is 4.49. The number of likely N-dealkylation sites (tertiary alicyclic amines) is 1. The maximum atomic E-state index is 4.49.